The smallest absolute Gasteiger partial charge is 0.280 e. The van der Waals surface area contributed by atoms with Gasteiger partial charge in [-0.1, -0.05) is 0 Å². The van der Waals surface area contributed by atoms with Crippen LogP contribution < -0.4 is 23.8 Å². The van der Waals surface area contributed by atoms with Crippen molar-refractivity contribution in [2.24, 2.45) is 5.10 Å². The number of sulfonamides is 1. The van der Waals surface area contributed by atoms with Crippen molar-refractivity contribution >= 4 is 16.2 Å². The molecule has 1 N–H and O–H groups in total. The van der Waals surface area contributed by atoms with E-state index in [9.17, 15) is 8.42 Å². The van der Waals surface area contributed by atoms with Crippen LogP contribution in [0.2, 0.25) is 0 Å². The molecule has 0 aromatic heterocycles. The number of nitrogens with one attached hydrogen (secondary N) is 1. The zero-order valence-corrected chi connectivity index (χ0v) is 18.8. The predicted molar refractivity (Wildman–Crippen MR) is 118 cm³/mol. The van der Waals surface area contributed by atoms with Crippen LogP contribution in [0, 0.1) is 0 Å². The minimum atomic E-state index is -3.93. The van der Waals surface area contributed by atoms with Crippen molar-refractivity contribution in [1.29, 1.82) is 0 Å². The van der Waals surface area contributed by atoms with E-state index in [1.54, 1.807) is 12.1 Å². The maximum atomic E-state index is 12.6. The van der Waals surface area contributed by atoms with Gasteiger partial charge in [-0.2, -0.15) is 18.4 Å². The summed E-state index contributed by atoms with van der Waals surface area (Å²) in [6.45, 7) is 2.39. The number of rotatable bonds is 10. The molecule has 1 aliphatic rings. The third-order valence-electron chi connectivity index (χ3n) is 4.91. The van der Waals surface area contributed by atoms with Gasteiger partial charge >= 0.3 is 0 Å². The van der Waals surface area contributed by atoms with Gasteiger partial charge in [-0.05, 0) is 68.5 Å². The average molecular weight is 449 g/mol. The standard InChI is InChI=1S/C22H28N2O6S/c1-4-29-20-13-16(9-11-19(20)30-17-7-5-6-8-17)15-23-24-31(25,26)22-12-10-18(27-2)14-21(22)28-3/h9-15,17,24H,4-8H2,1-3H3. The third-order valence-corrected chi connectivity index (χ3v) is 6.17. The van der Waals surface area contributed by atoms with Crippen molar-refractivity contribution in [3.63, 3.8) is 0 Å². The van der Waals surface area contributed by atoms with Gasteiger partial charge in [0.2, 0.25) is 0 Å². The molecule has 0 bridgehead atoms. The summed E-state index contributed by atoms with van der Waals surface area (Å²) in [5.74, 6) is 1.95. The summed E-state index contributed by atoms with van der Waals surface area (Å²) >= 11 is 0. The Hall–Kier alpha value is -2.94. The largest absolute Gasteiger partial charge is 0.497 e. The second-order valence-corrected chi connectivity index (χ2v) is 8.66. The summed E-state index contributed by atoms with van der Waals surface area (Å²) in [5.41, 5.74) is 0.673. The fourth-order valence-electron chi connectivity index (χ4n) is 3.37. The first kappa shape index (κ1) is 22.7. The highest BCUT2D eigenvalue weighted by atomic mass is 32.2. The minimum absolute atomic E-state index is 0.0386. The Kier molecular flexibility index (Phi) is 7.62. The summed E-state index contributed by atoms with van der Waals surface area (Å²) < 4.78 is 47.3. The van der Waals surface area contributed by atoms with Crippen molar-refractivity contribution < 1.29 is 27.4 Å². The summed E-state index contributed by atoms with van der Waals surface area (Å²) in [5, 5.41) is 3.90. The van der Waals surface area contributed by atoms with Gasteiger partial charge in [0, 0.05) is 6.07 Å². The van der Waals surface area contributed by atoms with Crippen LogP contribution in [-0.4, -0.2) is 41.6 Å². The lowest BCUT2D eigenvalue weighted by molar-refractivity contribution is 0.197. The highest BCUT2D eigenvalue weighted by Crippen LogP contribution is 2.32. The molecule has 31 heavy (non-hydrogen) atoms. The van der Waals surface area contributed by atoms with Crippen LogP contribution in [0.1, 0.15) is 38.2 Å². The molecule has 1 saturated carbocycles. The van der Waals surface area contributed by atoms with E-state index in [2.05, 4.69) is 9.93 Å². The van der Waals surface area contributed by atoms with Crippen LogP contribution in [0.4, 0.5) is 0 Å². The van der Waals surface area contributed by atoms with Crippen LogP contribution in [0.15, 0.2) is 46.4 Å². The molecule has 2 aromatic rings. The molecule has 8 nitrogen and oxygen atoms in total. The van der Waals surface area contributed by atoms with Gasteiger partial charge in [0.25, 0.3) is 10.0 Å². The Bertz CT molecular complexity index is 1020. The van der Waals surface area contributed by atoms with Crippen molar-refractivity contribution in [1.82, 2.24) is 4.83 Å². The molecule has 9 heteroatoms. The molecule has 0 aliphatic heterocycles. The third kappa shape index (κ3) is 5.81. The van der Waals surface area contributed by atoms with Crippen LogP contribution in [0.25, 0.3) is 0 Å². The molecule has 0 unspecified atom stereocenters. The summed E-state index contributed by atoms with van der Waals surface area (Å²) in [6, 6.07) is 9.84. The first-order valence-electron chi connectivity index (χ1n) is 10.2. The van der Waals surface area contributed by atoms with Gasteiger partial charge < -0.3 is 18.9 Å². The predicted octanol–water partition coefficient (Wildman–Crippen LogP) is 3.74. The van der Waals surface area contributed by atoms with Gasteiger partial charge in [0.1, 0.15) is 16.4 Å². The molecule has 0 amide bonds. The van der Waals surface area contributed by atoms with E-state index in [1.165, 1.54) is 51.5 Å². The first-order chi connectivity index (χ1) is 15.0. The maximum absolute atomic E-state index is 12.6. The van der Waals surface area contributed by atoms with Gasteiger partial charge in [0.05, 0.1) is 33.1 Å². The number of hydrogen-bond acceptors (Lipinski definition) is 7. The monoisotopic (exact) mass is 448 g/mol. The molecule has 0 spiro atoms. The number of methoxy groups -OCH3 is 2. The summed E-state index contributed by atoms with van der Waals surface area (Å²) in [4.78, 5) is 2.17. The maximum Gasteiger partial charge on any atom is 0.280 e. The fourth-order valence-corrected chi connectivity index (χ4v) is 4.32. The SMILES string of the molecule is CCOc1cc(C=NNS(=O)(=O)c2ccc(OC)cc2OC)ccc1OC1CCCC1. The Morgan fingerprint density at radius 3 is 2.48 bits per heavy atom. The Labute approximate surface area is 183 Å². The van der Waals surface area contributed by atoms with Crippen molar-refractivity contribution in [2.75, 3.05) is 20.8 Å². The lowest BCUT2D eigenvalue weighted by Crippen LogP contribution is -2.19. The molecule has 168 valence electrons. The normalized spacial score (nSPS) is 14.5. The van der Waals surface area contributed by atoms with E-state index in [0.717, 1.165) is 12.8 Å². The Balaban J connectivity index is 1.74. The van der Waals surface area contributed by atoms with Crippen LogP contribution in [0.3, 0.4) is 0 Å². The van der Waals surface area contributed by atoms with E-state index in [1.807, 2.05) is 13.0 Å². The highest BCUT2D eigenvalue weighted by molar-refractivity contribution is 7.89. The number of ether oxygens (including phenoxy) is 4. The number of benzene rings is 2. The zero-order valence-electron chi connectivity index (χ0n) is 18.0. The molecule has 1 aliphatic carbocycles. The van der Waals surface area contributed by atoms with Crippen LogP contribution in [0.5, 0.6) is 23.0 Å². The summed E-state index contributed by atoms with van der Waals surface area (Å²) in [7, 11) is -1.04. The molecule has 2 aromatic carbocycles. The minimum Gasteiger partial charge on any atom is -0.497 e. The molecule has 0 radical (unpaired) electrons. The van der Waals surface area contributed by atoms with Crippen molar-refractivity contribution in [2.45, 2.75) is 43.6 Å². The van der Waals surface area contributed by atoms with Crippen molar-refractivity contribution in [3.8, 4) is 23.0 Å². The van der Waals surface area contributed by atoms with E-state index in [0.29, 0.717) is 29.4 Å². The second-order valence-electron chi connectivity index (χ2n) is 7.03. The van der Waals surface area contributed by atoms with Gasteiger partial charge in [-0.3, -0.25) is 0 Å². The van der Waals surface area contributed by atoms with Gasteiger partial charge in [0.15, 0.2) is 11.5 Å². The molecular weight excluding hydrogens is 420 g/mol. The van der Waals surface area contributed by atoms with Crippen LogP contribution >= 0.6 is 0 Å². The van der Waals surface area contributed by atoms with E-state index in [-0.39, 0.29) is 16.7 Å². The fraction of sp³-hybridized carbons (Fsp3) is 0.409. The summed E-state index contributed by atoms with van der Waals surface area (Å²) in [6.07, 6.45) is 6.08. The molecule has 0 saturated heterocycles. The first-order valence-corrected chi connectivity index (χ1v) is 11.7. The van der Waals surface area contributed by atoms with E-state index < -0.39 is 10.0 Å². The van der Waals surface area contributed by atoms with Gasteiger partial charge in [-0.15, -0.1) is 0 Å². The van der Waals surface area contributed by atoms with E-state index in [4.69, 9.17) is 18.9 Å². The number of nitrogens with zero attached hydrogens (tertiary/aromatic N) is 1. The van der Waals surface area contributed by atoms with Gasteiger partial charge in [-0.25, -0.2) is 0 Å². The molecule has 0 heterocycles. The molecule has 1 fully saturated rings. The van der Waals surface area contributed by atoms with Crippen LogP contribution in [-0.2, 0) is 10.0 Å². The highest BCUT2D eigenvalue weighted by Gasteiger charge is 2.20. The average Bonchev–Trinajstić information content (AvgIpc) is 3.28. The topological polar surface area (TPSA) is 95.5 Å². The number of hydrogen-bond donors (Lipinski definition) is 1. The number of hydrazone groups is 1. The lowest BCUT2D eigenvalue weighted by Gasteiger charge is -2.17. The van der Waals surface area contributed by atoms with Crippen molar-refractivity contribution in [3.05, 3.63) is 42.0 Å². The second kappa shape index (κ2) is 10.4. The molecular formula is C22H28N2O6S. The Morgan fingerprint density at radius 1 is 1.03 bits per heavy atom. The molecule has 3 rings (SSSR count). The van der Waals surface area contributed by atoms with E-state index >= 15 is 0 Å². The molecule has 0 atom stereocenters. The zero-order chi connectivity index (χ0) is 22.3. The Morgan fingerprint density at radius 2 is 1.81 bits per heavy atom. The quantitative estimate of drug-likeness (QED) is 0.439. The lowest BCUT2D eigenvalue weighted by atomic mass is 10.2.